The molecule has 0 aromatic heterocycles. The normalized spacial score (nSPS) is 15.6. The van der Waals surface area contributed by atoms with Crippen molar-refractivity contribution >= 4 is 33.7 Å². The molecule has 24 heavy (non-hydrogen) atoms. The highest BCUT2D eigenvalue weighted by atomic mass is 79.9. The fourth-order valence-corrected chi connectivity index (χ4v) is 2.79. The fourth-order valence-electron chi connectivity index (χ4n) is 2.32. The van der Waals surface area contributed by atoms with E-state index >= 15 is 0 Å². The van der Waals surface area contributed by atoms with Gasteiger partial charge in [-0.25, -0.2) is 4.99 Å². The topological polar surface area (TPSA) is 50.7 Å². The summed E-state index contributed by atoms with van der Waals surface area (Å²) in [6, 6.07) is 15.2. The van der Waals surface area contributed by atoms with E-state index in [2.05, 4.69) is 26.2 Å². The summed E-state index contributed by atoms with van der Waals surface area (Å²) in [5, 5.41) is 2.81. The zero-order chi connectivity index (χ0) is 17.1. The average molecular weight is 385 g/mol. The van der Waals surface area contributed by atoms with Gasteiger partial charge in [0.1, 0.15) is 17.3 Å². The van der Waals surface area contributed by atoms with Gasteiger partial charge in [-0.2, -0.15) is 0 Å². The van der Waals surface area contributed by atoms with Crippen molar-refractivity contribution in [3.05, 3.63) is 69.8 Å². The molecule has 1 aliphatic rings. The molecule has 4 nitrogen and oxygen atoms in total. The van der Waals surface area contributed by atoms with Gasteiger partial charge in [-0.15, -0.1) is 0 Å². The molecule has 2 aromatic rings. The van der Waals surface area contributed by atoms with Crippen molar-refractivity contribution in [2.45, 2.75) is 20.0 Å². The predicted molar refractivity (Wildman–Crippen MR) is 99.0 cm³/mol. The van der Waals surface area contributed by atoms with Gasteiger partial charge in [-0.1, -0.05) is 46.3 Å². The van der Waals surface area contributed by atoms with Crippen LogP contribution >= 0.6 is 15.9 Å². The zero-order valence-electron chi connectivity index (χ0n) is 13.4. The molecule has 1 amide bonds. The third-order valence-corrected chi connectivity index (χ3v) is 4.07. The third kappa shape index (κ3) is 3.74. The van der Waals surface area contributed by atoms with E-state index in [9.17, 15) is 4.79 Å². The number of nitrogens with one attached hydrogen (secondary N) is 1. The Morgan fingerprint density at radius 2 is 1.83 bits per heavy atom. The summed E-state index contributed by atoms with van der Waals surface area (Å²) in [4.78, 5) is 16.6. The Morgan fingerprint density at radius 1 is 1.12 bits per heavy atom. The molecule has 0 aliphatic carbocycles. The number of rotatable bonds is 4. The first-order valence-electron chi connectivity index (χ1n) is 7.66. The first kappa shape index (κ1) is 16.5. The number of amides is 1. The van der Waals surface area contributed by atoms with Gasteiger partial charge < -0.3 is 10.1 Å². The Hall–Kier alpha value is -2.40. The molecule has 0 atom stereocenters. The van der Waals surface area contributed by atoms with Crippen LogP contribution in [0.15, 0.2) is 63.7 Å². The molecule has 0 bridgehead atoms. The molecule has 0 saturated heterocycles. The van der Waals surface area contributed by atoms with Crippen LogP contribution in [0.3, 0.4) is 0 Å². The Kier molecular flexibility index (Phi) is 4.81. The van der Waals surface area contributed by atoms with Gasteiger partial charge >= 0.3 is 0 Å². The molecule has 5 heteroatoms. The SMILES string of the molecule is CC(C)Oc1ccc(/C=C2/N=C(c3ccccc3Br)NC2=O)cc1. The van der Waals surface area contributed by atoms with Crippen LogP contribution in [0, 0.1) is 0 Å². The molecule has 1 heterocycles. The summed E-state index contributed by atoms with van der Waals surface area (Å²) in [7, 11) is 0. The number of carbonyl (C=O) groups excluding carboxylic acids is 1. The highest BCUT2D eigenvalue weighted by Crippen LogP contribution is 2.21. The average Bonchev–Trinajstić information content (AvgIpc) is 2.90. The van der Waals surface area contributed by atoms with Gasteiger partial charge in [0.25, 0.3) is 5.91 Å². The Morgan fingerprint density at radius 3 is 2.50 bits per heavy atom. The molecule has 3 rings (SSSR count). The maximum atomic E-state index is 12.2. The van der Waals surface area contributed by atoms with Gasteiger partial charge in [0.15, 0.2) is 0 Å². The summed E-state index contributed by atoms with van der Waals surface area (Å²) in [5.41, 5.74) is 2.14. The molecule has 0 fully saturated rings. The van der Waals surface area contributed by atoms with Crippen molar-refractivity contribution in [2.75, 3.05) is 0 Å². The first-order valence-corrected chi connectivity index (χ1v) is 8.45. The summed E-state index contributed by atoms with van der Waals surface area (Å²) in [6.45, 7) is 3.97. The van der Waals surface area contributed by atoms with Crippen LogP contribution in [0.2, 0.25) is 0 Å². The minimum Gasteiger partial charge on any atom is -0.491 e. The molecule has 0 radical (unpaired) electrons. The minimum absolute atomic E-state index is 0.131. The fraction of sp³-hybridized carbons (Fsp3) is 0.158. The molecular weight excluding hydrogens is 368 g/mol. The smallest absolute Gasteiger partial charge is 0.275 e. The van der Waals surface area contributed by atoms with E-state index in [1.54, 1.807) is 6.08 Å². The summed E-state index contributed by atoms with van der Waals surface area (Å²) < 4.78 is 6.50. The molecule has 1 aliphatic heterocycles. The molecule has 122 valence electrons. The van der Waals surface area contributed by atoms with E-state index in [-0.39, 0.29) is 12.0 Å². The van der Waals surface area contributed by atoms with Crippen LogP contribution in [-0.2, 0) is 4.79 Å². The summed E-state index contributed by atoms with van der Waals surface area (Å²) >= 11 is 3.47. The van der Waals surface area contributed by atoms with Crippen LogP contribution in [0.4, 0.5) is 0 Å². The number of nitrogens with zero attached hydrogens (tertiary/aromatic N) is 1. The van der Waals surface area contributed by atoms with Crippen molar-refractivity contribution in [3.8, 4) is 5.75 Å². The molecule has 0 saturated carbocycles. The lowest BCUT2D eigenvalue weighted by molar-refractivity contribution is -0.115. The zero-order valence-corrected chi connectivity index (χ0v) is 15.0. The number of hydrogen-bond donors (Lipinski definition) is 1. The van der Waals surface area contributed by atoms with Crippen LogP contribution in [0.5, 0.6) is 5.75 Å². The third-order valence-electron chi connectivity index (χ3n) is 3.38. The Bertz CT molecular complexity index is 824. The van der Waals surface area contributed by atoms with E-state index in [0.29, 0.717) is 11.5 Å². The first-order chi connectivity index (χ1) is 11.5. The van der Waals surface area contributed by atoms with Gasteiger partial charge in [0.2, 0.25) is 0 Å². The van der Waals surface area contributed by atoms with Crippen molar-refractivity contribution in [3.63, 3.8) is 0 Å². The van der Waals surface area contributed by atoms with E-state index in [1.807, 2.05) is 62.4 Å². The standard InChI is InChI=1S/C19H17BrN2O2/c1-12(2)24-14-9-7-13(8-10-14)11-17-19(23)22-18(21-17)15-5-3-4-6-16(15)20/h3-12H,1-2H3,(H,21,22,23)/b17-11+. The van der Waals surface area contributed by atoms with Crippen molar-refractivity contribution < 1.29 is 9.53 Å². The van der Waals surface area contributed by atoms with E-state index in [4.69, 9.17) is 4.74 Å². The van der Waals surface area contributed by atoms with E-state index in [1.165, 1.54) is 0 Å². The number of benzene rings is 2. The number of hydrogen-bond acceptors (Lipinski definition) is 3. The van der Waals surface area contributed by atoms with Crippen LogP contribution in [0.1, 0.15) is 25.0 Å². The molecule has 1 N–H and O–H groups in total. The monoisotopic (exact) mass is 384 g/mol. The maximum absolute atomic E-state index is 12.2. The second-order valence-electron chi connectivity index (χ2n) is 5.66. The second-order valence-corrected chi connectivity index (χ2v) is 6.51. The lowest BCUT2D eigenvalue weighted by atomic mass is 10.2. The lowest BCUT2D eigenvalue weighted by Gasteiger charge is -2.09. The number of ether oxygens (including phenoxy) is 1. The van der Waals surface area contributed by atoms with Crippen molar-refractivity contribution in [1.82, 2.24) is 5.32 Å². The largest absolute Gasteiger partial charge is 0.491 e. The summed E-state index contributed by atoms with van der Waals surface area (Å²) in [6.07, 6.45) is 1.89. The number of amidine groups is 1. The van der Waals surface area contributed by atoms with Gasteiger partial charge in [0, 0.05) is 10.0 Å². The van der Waals surface area contributed by atoms with Crippen molar-refractivity contribution in [2.24, 2.45) is 4.99 Å². The molecule has 0 spiro atoms. The van der Waals surface area contributed by atoms with Crippen molar-refractivity contribution in [1.29, 1.82) is 0 Å². The molecule has 0 unspecified atom stereocenters. The Labute approximate surface area is 149 Å². The number of aliphatic imine (C=N–C) groups is 1. The Balaban J connectivity index is 1.85. The highest BCUT2D eigenvalue weighted by Gasteiger charge is 2.22. The number of carbonyl (C=O) groups is 1. The van der Waals surface area contributed by atoms with Gasteiger partial charge in [-0.05, 0) is 43.7 Å². The highest BCUT2D eigenvalue weighted by molar-refractivity contribution is 9.10. The van der Waals surface area contributed by atoms with Gasteiger partial charge in [0.05, 0.1) is 6.10 Å². The van der Waals surface area contributed by atoms with Gasteiger partial charge in [-0.3, -0.25) is 4.79 Å². The minimum atomic E-state index is -0.205. The molecular formula is C19H17BrN2O2. The van der Waals surface area contributed by atoms with Crippen LogP contribution in [0.25, 0.3) is 6.08 Å². The van der Waals surface area contributed by atoms with E-state index in [0.717, 1.165) is 21.3 Å². The van der Waals surface area contributed by atoms with Crippen LogP contribution < -0.4 is 10.1 Å². The van der Waals surface area contributed by atoms with E-state index < -0.39 is 0 Å². The maximum Gasteiger partial charge on any atom is 0.275 e. The number of halogens is 1. The second kappa shape index (κ2) is 7.01. The van der Waals surface area contributed by atoms with Crippen LogP contribution in [-0.4, -0.2) is 17.8 Å². The summed E-state index contributed by atoms with van der Waals surface area (Å²) in [5.74, 6) is 1.15. The lowest BCUT2D eigenvalue weighted by Crippen LogP contribution is -2.25. The molecule has 2 aromatic carbocycles. The quantitative estimate of drug-likeness (QED) is 0.804. The predicted octanol–water partition coefficient (Wildman–Crippen LogP) is 4.15.